The molecule has 1 aliphatic heterocycles. The Bertz CT molecular complexity index is 1470. The average Bonchev–Trinajstić information content (AvgIpc) is 3.74. The minimum Gasteiger partial charge on any atom is -0.467 e. The second-order valence-electron chi connectivity index (χ2n) is 9.39. The topological polar surface area (TPSA) is 85.3 Å². The Kier molecular flexibility index (Phi) is 6.48. The minimum atomic E-state index is -0.560. The highest BCUT2D eigenvalue weighted by Gasteiger charge is 2.45. The molecule has 1 aliphatic carbocycles. The van der Waals surface area contributed by atoms with Crippen LogP contribution in [-0.2, 0) is 9.53 Å². The largest absolute Gasteiger partial charge is 0.467 e. The molecule has 2 unspecified atom stereocenters. The molecule has 1 saturated carbocycles. The monoisotopic (exact) mass is 506 g/mol. The molecule has 190 valence electrons. The van der Waals surface area contributed by atoms with E-state index in [-0.39, 0.29) is 5.92 Å². The van der Waals surface area contributed by atoms with Crippen LogP contribution in [0.4, 0.5) is 0 Å². The van der Waals surface area contributed by atoms with E-state index in [1.165, 1.54) is 5.01 Å². The number of rotatable bonds is 6. The quantitative estimate of drug-likeness (QED) is 0.278. The molecule has 0 bridgehead atoms. The molecule has 3 heterocycles. The molecule has 2 aromatic heterocycles. The van der Waals surface area contributed by atoms with Crippen molar-refractivity contribution in [3.8, 4) is 11.1 Å². The van der Waals surface area contributed by atoms with Gasteiger partial charge in [-0.2, -0.15) is 5.10 Å². The molecule has 38 heavy (non-hydrogen) atoms. The predicted molar refractivity (Wildman–Crippen MR) is 142 cm³/mol. The normalized spacial score (nSPS) is 19.7. The maximum absolute atomic E-state index is 13.4. The van der Waals surface area contributed by atoms with E-state index in [4.69, 9.17) is 18.7 Å². The molecule has 7 heteroatoms. The Morgan fingerprint density at radius 1 is 0.921 bits per heavy atom. The molecule has 2 aromatic carbocycles. The summed E-state index contributed by atoms with van der Waals surface area (Å²) in [6.07, 6.45) is 7.89. The van der Waals surface area contributed by atoms with Crippen LogP contribution in [0.15, 0.2) is 111 Å². The van der Waals surface area contributed by atoms with E-state index in [1.54, 1.807) is 30.7 Å². The zero-order valence-corrected chi connectivity index (χ0v) is 20.7. The molecule has 6 rings (SSSR count). The van der Waals surface area contributed by atoms with Gasteiger partial charge in [-0.25, -0.2) is 9.80 Å². The summed E-state index contributed by atoms with van der Waals surface area (Å²) in [5.41, 5.74) is 4.32. The molecule has 0 radical (unpaired) electrons. The first-order valence-corrected chi connectivity index (χ1v) is 12.7. The number of amides is 1. The molecule has 4 aromatic rings. The van der Waals surface area contributed by atoms with Gasteiger partial charge in [0.2, 0.25) is 0 Å². The second-order valence-corrected chi connectivity index (χ2v) is 9.39. The van der Waals surface area contributed by atoms with Crippen molar-refractivity contribution in [1.29, 1.82) is 0 Å². The van der Waals surface area contributed by atoms with E-state index in [1.807, 2.05) is 66.7 Å². The molecule has 0 saturated heterocycles. The van der Waals surface area contributed by atoms with Crippen molar-refractivity contribution in [1.82, 2.24) is 5.01 Å². The highest BCUT2D eigenvalue weighted by atomic mass is 16.5. The second kappa shape index (κ2) is 10.4. The van der Waals surface area contributed by atoms with Gasteiger partial charge in [0, 0.05) is 5.92 Å². The molecule has 2 aliphatic rings. The van der Waals surface area contributed by atoms with Crippen molar-refractivity contribution in [2.75, 3.05) is 6.61 Å². The van der Waals surface area contributed by atoms with Crippen molar-refractivity contribution in [2.24, 2.45) is 11.0 Å². The Morgan fingerprint density at radius 2 is 1.68 bits per heavy atom. The van der Waals surface area contributed by atoms with Crippen LogP contribution < -0.4 is 0 Å². The van der Waals surface area contributed by atoms with Gasteiger partial charge in [0.1, 0.15) is 17.6 Å². The van der Waals surface area contributed by atoms with Gasteiger partial charge in [0.05, 0.1) is 23.8 Å². The van der Waals surface area contributed by atoms with Gasteiger partial charge >= 0.3 is 5.97 Å². The van der Waals surface area contributed by atoms with Gasteiger partial charge in [-0.1, -0.05) is 42.5 Å². The minimum absolute atomic E-state index is 0.0127. The van der Waals surface area contributed by atoms with E-state index in [0.29, 0.717) is 11.3 Å². The van der Waals surface area contributed by atoms with E-state index in [0.717, 1.165) is 47.4 Å². The number of hydrogen-bond acceptors (Lipinski definition) is 6. The van der Waals surface area contributed by atoms with Crippen molar-refractivity contribution in [2.45, 2.75) is 25.3 Å². The first kappa shape index (κ1) is 23.7. The number of ether oxygens (including phenoxy) is 1. The van der Waals surface area contributed by atoms with Crippen LogP contribution in [0.5, 0.6) is 0 Å². The zero-order chi connectivity index (χ0) is 25.9. The van der Waals surface area contributed by atoms with Crippen molar-refractivity contribution < 1.29 is 23.2 Å². The number of nitrogens with zero attached hydrogens (tertiary/aromatic N) is 2. The van der Waals surface area contributed by atoms with Gasteiger partial charge in [-0.15, -0.1) is 0 Å². The van der Waals surface area contributed by atoms with Gasteiger partial charge in [0.25, 0.3) is 5.91 Å². The average molecular weight is 507 g/mol. The molecule has 7 nitrogen and oxygen atoms in total. The van der Waals surface area contributed by atoms with Gasteiger partial charge in [-0.3, -0.25) is 4.79 Å². The third kappa shape index (κ3) is 4.70. The number of benzene rings is 2. The summed E-state index contributed by atoms with van der Waals surface area (Å²) in [4.78, 5) is 26.1. The fourth-order valence-corrected chi connectivity index (χ4v) is 5.20. The maximum Gasteiger partial charge on any atom is 0.338 e. The summed E-state index contributed by atoms with van der Waals surface area (Å²) < 4.78 is 16.6. The third-order valence-electron chi connectivity index (χ3n) is 7.01. The number of allylic oxidation sites excluding steroid dienone is 1. The lowest BCUT2D eigenvalue weighted by molar-refractivity contribution is -0.137. The van der Waals surface area contributed by atoms with Gasteiger partial charge in [0.15, 0.2) is 6.61 Å². The highest BCUT2D eigenvalue weighted by molar-refractivity contribution is 6.08. The molecule has 1 amide bonds. The van der Waals surface area contributed by atoms with Crippen LogP contribution in [0.2, 0.25) is 0 Å². The summed E-state index contributed by atoms with van der Waals surface area (Å²) in [6.45, 7) is -0.419. The number of carbonyl (C=O) groups excluding carboxylic acids is 2. The lowest BCUT2D eigenvalue weighted by atomic mass is 9.79. The standard InChI is InChI=1S/C31H26N2O5/c34-28(20-38-31(35)23-15-13-22(14-16-23)21-7-2-1-3-8-21)33-30(27-12-6-18-37-27)26-11-4-9-24(29(26)32-33)19-25-10-5-17-36-25/h1-3,5-8,10,12-19,26,30H,4,9,11,20H2. The number of esters is 1. The van der Waals surface area contributed by atoms with Gasteiger partial charge in [-0.05, 0) is 78.4 Å². The molecule has 0 spiro atoms. The van der Waals surface area contributed by atoms with E-state index < -0.39 is 24.5 Å². The smallest absolute Gasteiger partial charge is 0.338 e. The van der Waals surface area contributed by atoms with Crippen LogP contribution >= 0.6 is 0 Å². The zero-order valence-electron chi connectivity index (χ0n) is 20.7. The molecular formula is C31H26N2O5. The van der Waals surface area contributed by atoms with Crippen molar-refractivity contribution >= 4 is 23.7 Å². The Labute approximate surface area is 220 Å². The van der Waals surface area contributed by atoms with Gasteiger partial charge < -0.3 is 13.6 Å². The maximum atomic E-state index is 13.4. The number of furan rings is 2. The van der Waals surface area contributed by atoms with Crippen LogP contribution in [0.1, 0.15) is 47.2 Å². The van der Waals surface area contributed by atoms with Crippen LogP contribution in [0.3, 0.4) is 0 Å². The molecule has 0 N–H and O–H groups in total. The number of fused-ring (bicyclic) bond motifs is 1. The lowest BCUT2D eigenvalue weighted by Crippen LogP contribution is -2.34. The van der Waals surface area contributed by atoms with E-state index in [2.05, 4.69) is 0 Å². The molecule has 1 fully saturated rings. The summed E-state index contributed by atoms with van der Waals surface area (Å²) >= 11 is 0. The Balaban J connectivity index is 1.19. The highest BCUT2D eigenvalue weighted by Crippen LogP contribution is 2.44. The number of carbonyl (C=O) groups is 2. The van der Waals surface area contributed by atoms with Crippen LogP contribution in [-0.4, -0.2) is 29.2 Å². The fourth-order valence-electron chi connectivity index (χ4n) is 5.20. The van der Waals surface area contributed by atoms with Crippen LogP contribution in [0.25, 0.3) is 17.2 Å². The number of hydrogen-bond donors (Lipinski definition) is 0. The first-order valence-electron chi connectivity index (χ1n) is 12.7. The van der Waals surface area contributed by atoms with Crippen molar-refractivity contribution in [3.63, 3.8) is 0 Å². The number of hydrazone groups is 1. The van der Waals surface area contributed by atoms with E-state index in [9.17, 15) is 9.59 Å². The molecular weight excluding hydrogens is 480 g/mol. The van der Waals surface area contributed by atoms with Crippen LogP contribution in [0, 0.1) is 5.92 Å². The first-order chi connectivity index (χ1) is 18.7. The summed E-state index contributed by atoms with van der Waals surface area (Å²) in [5.74, 6) is 0.426. The van der Waals surface area contributed by atoms with E-state index >= 15 is 0 Å². The summed E-state index contributed by atoms with van der Waals surface area (Å²) in [5, 5.41) is 6.17. The third-order valence-corrected chi connectivity index (χ3v) is 7.01. The Morgan fingerprint density at radius 3 is 2.42 bits per heavy atom. The Hall–Kier alpha value is -4.65. The molecule has 2 atom stereocenters. The SMILES string of the molecule is O=C(OCC(=O)N1N=C2C(=Cc3ccco3)CCCC2C1c1ccco1)c1ccc(-c2ccccc2)cc1. The lowest BCUT2D eigenvalue weighted by Gasteiger charge is -2.27. The predicted octanol–water partition coefficient (Wildman–Crippen LogP) is 6.52. The van der Waals surface area contributed by atoms with Crippen molar-refractivity contribution in [3.05, 3.63) is 114 Å². The fraction of sp³-hybridized carbons (Fsp3) is 0.194. The summed E-state index contributed by atoms with van der Waals surface area (Å²) in [6, 6.07) is 24.0. The summed E-state index contributed by atoms with van der Waals surface area (Å²) in [7, 11) is 0.